The molecule has 0 N–H and O–H groups in total. The second-order valence-electron chi connectivity index (χ2n) is 4.60. The Labute approximate surface area is 97.8 Å². The average molecular weight is 223 g/mol. The first-order valence-corrected chi connectivity index (χ1v) is 5.53. The number of urea groups is 1. The van der Waals surface area contributed by atoms with Crippen LogP contribution in [0.1, 0.15) is 27.7 Å². The molecule has 0 saturated carbocycles. The summed E-state index contributed by atoms with van der Waals surface area (Å²) in [5, 5.41) is 0. The van der Waals surface area contributed by atoms with Crippen LogP contribution in [0.2, 0.25) is 0 Å². The van der Waals surface area contributed by atoms with E-state index in [-0.39, 0.29) is 18.1 Å². The highest BCUT2D eigenvalue weighted by atomic mass is 16.2. The molecule has 1 aliphatic rings. The van der Waals surface area contributed by atoms with Gasteiger partial charge in [-0.15, -0.1) is 0 Å². The SMILES string of the molecule is C=C1N(C)C(=O)N(C(C)C)C(=C)N1C(C)C. The summed E-state index contributed by atoms with van der Waals surface area (Å²) in [5.74, 6) is 1.39. The minimum Gasteiger partial charge on any atom is -0.312 e. The summed E-state index contributed by atoms with van der Waals surface area (Å²) in [6.45, 7) is 16.0. The van der Waals surface area contributed by atoms with Crippen LogP contribution in [-0.4, -0.2) is 39.9 Å². The molecule has 1 saturated heterocycles. The molecule has 4 nitrogen and oxygen atoms in total. The van der Waals surface area contributed by atoms with Crippen LogP contribution in [0.25, 0.3) is 0 Å². The molecule has 0 aliphatic carbocycles. The summed E-state index contributed by atoms with van der Waals surface area (Å²) in [6, 6.07) is 0.260. The molecule has 1 fully saturated rings. The molecule has 90 valence electrons. The molecule has 1 heterocycles. The molecule has 0 aromatic rings. The van der Waals surface area contributed by atoms with Crippen molar-refractivity contribution < 1.29 is 4.79 Å². The summed E-state index contributed by atoms with van der Waals surface area (Å²) in [7, 11) is 1.74. The molecule has 1 aliphatic heterocycles. The molecule has 0 atom stereocenters. The zero-order chi connectivity index (χ0) is 12.6. The normalized spacial score (nSPS) is 18.2. The molecule has 0 unspecified atom stereocenters. The Kier molecular flexibility index (Phi) is 3.31. The Bertz CT molecular complexity index is 303. The lowest BCUT2D eigenvalue weighted by atomic mass is 10.2. The van der Waals surface area contributed by atoms with Crippen molar-refractivity contribution in [3.8, 4) is 0 Å². The fourth-order valence-electron chi connectivity index (χ4n) is 1.92. The second kappa shape index (κ2) is 4.20. The lowest BCUT2D eigenvalue weighted by molar-refractivity contribution is 0.102. The molecule has 16 heavy (non-hydrogen) atoms. The van der Waals surface area contributed by atoms with E-state index in [1.807, 2.05) is 18.7 Å². The smallest absolute Gasteiger partial charge is 0.312 e. The van der Waals surface area contributed by atoms with Crippen molar-refractivity contribution in [3.63, 3.8) is 0 Å². The second-order valence-corrected chi connectivity index (χ2v) is 4.60. The van der Waals surface area contributed by atoms with Gasteiger partial charge in [-0.05, 0) is 27.7 Å². The van der Waals surface area contributed by atoms with Crippen molar-refractivity contribution in [2.75, 3.05) is 7.05 Å². The maximum absolute atomic E-state index is 12.1. The van der Waals surface area contributed by atoms with E-state index >= 15 is 0 Å². The van der Waals surface area contributed by atoms with Crippen LogP contribution in [-0.2, 0) is 0 Å². The van der Waals surface area contributed by atoms with Crippen LogP contribution in [0.15, 0.2) is 24.8 Å². The first kappa shape index (κ1) is 12.6. The molecule has 0 aromatic heterocycles. The minimum absolute atomic E-state index is 0.0677. The van der Waals surface area contributed by atoms with Crippen molar-refractivity contribution >= 4 is 6.03 Å². The number of nitrogens with zero attached hydrogens (tertiary/aromatic N) is 3. The van der Waals surface area contributed by atoms with E-state index in [1.165, 1.54) is 0 Å². The lowest BCUT2D eigenvalue weighted by Gasteiger charge is -2.47. The van der Waals surface area contributed by atoms with Crippen molar-refractivity contribution in [2.24, 2.45) is 0 Å². The molecular weight excluding hydrogens is 202 g/mol. The van der Waals surface area contributed by atoms with E-state index in [0.717, 1.165) is 0 Å². The predicted octanol–water partition coefficient (Wildman–Crippen LogP) is 2.42. The van der Waals surface area contributed by atoms with E-state index in [0.29, 0.717) is 11.6 Å². The summed E-state index contributed by atoms with van der Waals surface area (Å²) < 4.78 is 0. The van der Waals surface area contributed by atoms with Crippen LogP contribution in [0, 0.1) is 0 Å². The number of amides is 2. The molecule has 0 aromatic carbocycles. The van der Waals surface area contributed by atoms with Gasteiger partial charge in [0.15, 0.2) is 0 Å². The van der Waals surface area contributed by atoms with Crippen LogP contribution in [0.3, 0.4) is 0 Å². The van der Waals surface area contributed by atoms with E-state index in [2.05, 4.69) is 27.0 Å². The van der Waals surface area contributed by atoms with Gasteiger partial charge in [0.1, 0.15) is 11.6 Å². The first-order chi connectivity index (χ1) is 7.29. The Morgan fingerprint density at radius 2 is 1.38 bits per heavy atom. The fourth-order valence-corrected chi connectivity index (χ4v) is 1.92. The number of carbonyl (C=O) groups excluding carboxylic acids is 1. The standard InChI is InChI=1S/C12H21N3O/c1-8(2)14-10(5)13(7)12(16)15(9(3)4)11(14)6/h8-9H,5-6H2,1-4,7H3. The average Bonchev–Trinajstić information content (AvgIpc) is 2.13. The quantitative estimate of drug-likeness (QED) is 0.718. The largest absolute Gasteiger partial charge is 0.331 e. The van der Waals surface area contributed by atoms with Gasteiger partial charge in [-0.25, -0.2) is 4.79 Å². The Balaban J connectivity index is 3.13. The third-order valence-electron chi connectivity index (χ3n) is 2.75. The fraction of sp³-hybridized carbons (Fsp3) is 0.583. The van der Waals surface area contributed by atoms with Gasteiger partial charge in [0, 0.05) is 19.1 Å². The highest BCUT2D eigenvalue weighted by Gasteiger charge is 2.36. The van der Waals surface area contributed by atoms with Gasteiger partial charge in [0.05, 0.1) is 0 Å². The van der Waals surface area contributed by atoms with Crippen molar-refractivity contribution in [2.45, 2.75) is 39.8 Å². The Hall–Kier alpha value is -1.45. The summed E-state index contributed by atoms with van der Waals surface area (Å²) in [4.78, 5) is 17.3. The monoisotopic (exact) mass is 223 g/mol. The molecule has 0 bridgehead atoms. The number of carbonyl (C=O) groups is 1. The van der Waals surface area contributed by atoms with Gasteiger partial charge in [-0.2, -0.15) is 0 Å². The summed E-state index contributed by atoms with van der Waals surface area (Å²) in [6.07, 6.45) is 0. The molecule has 4 heteroatoms. The third-order valence-corrected chi connectivity index (χ3v) is 2.75. The van der Waals surface area contributed by atoms with E-state index in [4.69, 9.17) is 0 Å². The highest BCUT2D eigenvalue weighted by molar-refractivity contribution is 5.79. The zero-order valence-corrected chi connectivity index (χ0v) is 10.8. The van der Waals surface area contributed by atoms with Crippen LogP contribution in [0.4, 0.5) is 4.79 Å². The van der Waals surface area contributed by atoms with Gasteiger partial charge < -0.3 is 4.90 Å². The minimum atomic E-state index is -0.0677. The summed E-state index contributed by atoms with van der Waals surface area (Å²) >= 11 is 0. The summed E-state index contributed by atoms with van der Waals surface area (Å²) in [5.41, 5.74) is 0. The zero-order valence-electron chi connectivity index (χ0n) is 10.8. The number of hydrogen-bond donors (Lipinski definition) is 0. The molecule has 0 spiro atoms. The van der Waals surface area contributed by atoms with Crippen LogP contribution < -0.4 is 0 Å². The molecule has 2 amide bonds. The van der Waals surface area contributed by atoms with Gasteiger partial charge in [0.25, 0.3) is 0 Å². The van der Waals surface area contributed by atoms with Crippen LogP contribution in [0.5, 0.6) is 0 Å². The van der Waals surface area contributed by atoms with Gasteiger partial charge in [-0.1, -0.05) is 13.2 Å². The third kappa shape index (κ3) is 1.79. The van der Waals surface area contributed by atoms with Crippen molar-refractivity contribution in [3.05, 3.63) is 24.8 Å². The number of rotatable bonds is 2. The van der Waals surface area contributed by atoms with Crippen molar-refractivity contribution in [1.29, 1.82) is 0 Å². The van der Waals surface area contributed by atoms with Gasteiger partial charge in [-0.3, -0.25) is 9.80 Å². The highest BCUT2D eigenvalue weighted by Crippen LogP contribution is 2.28. The van der Waals surface area contributed by atoms with Gasteiger partial charge >= 0.3 is 6.03 Å². The molecule has 0 radical (unpaired) electrons. The van der Waals surface area contributed by atoms with E-state index < -0.39 is 0 Å². The first-order valence-electron chi connectivity index (χ1n) is 5.53. The Morgan fingerprint density at radius 3 is 1.75 bits per heavy atom. The number of hydrogen-bond acceptors (Lipinski definition) is 2. The van der Waals surface area contributed by atoms with E-state index in [9.17, 15) is 4.79 Å². The topological polar surface area (TPSA) is 26.8 Å². The molecule has 1 rings (SSSR count). The van der Waals surface area contributed by atoms with E-state index in [1.54, 1.807) is 16.8 Å². The maximum Gasteiger partial charge on any atom is 0.331 e. The van der Waals surface area contributed by atoms with Crippen LogP contribution >= 0.6 is 0 Å². The van der Waals surface area contributed by atoms with Gasteiger partial charge in [0.2, 0.25) is 0 Å². The Morgan fingerprint density at radius 1 is 0.938 bits per heavy atom. The van der Waals surface area contributed by atoms with Crippen molar-refractivity contribution in [1.82, 2.24) is 14.7 Å². The maximum atomic E-state index is 12.1. The molecular formula is C12H21N3O. The predicted molar refractivity (Wildman–Crippen MR) is 65.4 cm³/mol. The lowest BCUT2D eigenvalue weighted by Crippen LogP contribution is -2.56.